The highest BCUT2D eigenvalue weighted by molar-refractivity contribution is 5.78. The number of carboxylic acid groups (broad SMARTS) is 1. The SMILES string of the molecule is CCCC(C)C(=O)N[C@H]1CC[C@@H](C(=O)O)C1. The molecule has 0 aromatic carbocycles. The quantitative estimate of drug-likeness (QED) is 0.752. The average molecular weight is 227 g/mol. The molecule has 0 saturated heterocycles. The lowest BCUT2D eigenvalue weighted by Crippen LogP contribution is -2.36. The van der Waals surface area contributed by atoms with Crippen molar-refractivity contribution < 1.29 is 14.7 Å². The molecule has 0 radical (unpaired) electrons. The van der Waals surface area contributed by atoms with Gasteiger partial charge in [-0.3, -0.25) is 9.59 Å². The first kappa shape index (κ1) is 13.0. The van der Waals surface area contributed by atoms with Gasteiger partial charge in [-0.15, -0.1) is 0 Å². The van der Waals surface area contributed by atoms with Crippen molar-refractivity contribution in [3.63, 3.8) is 0 Å². The van der Waals surface area contributed by atoms with Crippen LogP contribution in [0.5, 0.6) is 0 Å². The van der Waals surface area contributed by atoms with Crippen molar-refractivity contribution in [1.29, 1.82) is 0 Å². The summed E-state index contributed by atoms with van der Waals surface area (Å²) in [5, 5.41) is 11.8. The third-order valence-electron chi connectivity index (χ3n) is 3.30. The third kappa shape index (κ3) is 3.51. The van der Waals surface area contributed by atoms with Gasteiger partial charge in [-0.05, 0) is 25.7 Å². The van der Waals surface area contributed by atoms with E-state index in [9.17, 15) is 9.59 Å². The van der Waals surface area contributed by atoms with Gasteiger partial charge >= 0.3 is 5.97 Å². The fourth-order valence-corrected chi connectivity index (χ4v) is 2.24. The lowest BCUT2D eigenvalue weighted by Gasteiger charge is -2.16. The molecule has 0 aromatic rings. The Bertz CT molecular complexity index is 265. The Morgan fingerprint density at radius 1 is 1.44 bits per heavy atom. The van der Waals surface area contributed by atoms with Crippen LogP contribution in [0.25, 0.3) is 0 Å². The number of amides is 1. The predicted octanol–water partition coefficient (Wildman–Crippen LogP) is 1.79. The van der Waals surface area contributed by atoms with Crippen LogP contribution in [-0.2, 0) is 9.59 Å². The van der Waals surface area contributed by atoms with Crippen LogP contribution in [0.3, 0.4) is 0 Å². The molecule has 2 N–H and O–H groups in total. The standard InChI is InChI=1S/C12H21NO3/c1-3-4-8(2)11(14)13-10-6-5-9(7-10)12(15)16/h8-10H,3-7H2,1-2H3,(H,13,14)(H,15,16)/t8?,9-,10+/m1/s1. The fraction of sp³-hybridized carbons (Fsp3) is 0.833. The fourth-order valence-electron chi connectivity index (χ4n) is 2.24. The summed E-state index contributed by atoms with van der Waals surface area (Å²) in [7, 11) is 0. The molecule has 1 rings (SSSR count). The van der Waals surface area contributed by atoms with E-state index in [1.165, 1.54) is 0 Å². The van der Waals surface area contributed by atoms with E-state index in [0.717, 1.165) is 19.3 Å². The van der Waals surface area contributed by atoms with E-state index in [2.05, 4.69) is 12.2 Å². The molecule has 92 valence electrons. The molecule has 0 spiro atoms. The lowest BCUT2D eigenvalue weighted by atomic mass is 10.0. The van der Waals surface area contributed by atoms with Crippen LogP contribution in [0.1, 0.15) is 46.0 Å². The molecule has 0 aromatic heterocycles. The van der Waals surface area contributed by atoms with Crippen molar-refractivity contribution in [2.75, 3.05) is 0 Å². The van der Waals surface area contributed by atoms with Crippen molar-refractivity contribution in [3.05, 3.63) is 0 Å². The van der Waals surface area contributed by atoms with Gasteiger partial charge in [0.15, 0.2) is 0 Å². The molecule has 1 amide bonds. The smallest absolute Gasteiger partial charge is 0.306 e. The highest BCUT2D eigenvalue weighted by Gasteiger charge is 2.31. The molecule has 4 nitrogen and oxygen atoms in total. The second kappa shape index (κ2) is 5.87. The molecule has 0 bridgehead atoms. The zero-order chi connectivity index (χ0) is 12.1. The van der Waals surface area contributed by atoms with Crippen LogP contribution in [-0.4, -0.2) is 23.0 Å². The Labute approximate surface area is 96.4 Å². The molecule has 1 fully saturated rings. The van der Waals surface area contributed by atoms with Gasteiger partial charge in [-0.25, -0.2) is 0 Å². The van der Waals surface area contributed by atoms with Crippen molar-refractivity contribution >= 4 is 11.9 Å². The summed E-state index contributed by atoms with van der Waals surface area (Å²) < 4.78 is 0. The summed E-state index contributed by atoms with van der Waals surface area (Å²) in [6.07, 6.45) is 3.95. The summed E-state index contributed by atoms with van der Waals surface area (Å²) in [4.78, 5) is 22.5. The summed E-state index contributed by atoms with van der Waals surface area (Å²) in [5.41, 5.74) is 0. The van der Waals surface area contributed by atoms with E-state index in [4.69, 9.17) is 5.11 Å². The maximum atomic E-state index is 11.7. The zero-order valence-corrected chi connectivity index (χ0v) is 10.0. The molecular weight excluding hydrogens is 206 g/mol. The van der Waals surface area contributed by atoms with E-state index < -0.39 is 5.97 Å². The van der Waals surface area contributed by atoms with Crippen LogP contribution < -0.4 is 5.32 Å². The average Bonchev–Trinajstić information content (AvgIpc) is 2.66. The number of hydrogen-bond donors (Lipinski definition) is 2. The van der Waals surface area contributed by atoms with E-state index >= 15 is 0 Å². The number of carbonyl (C=O) groups is 2. The Kier molecular flexibility index (Phi) is 4.77. The molecule has 4 heteroatoms. The van der Waals surface area contributed by atoms with Gasteiger partial charge in [0.25, 0.3) is 0 Å². The summed E-state index contributed by atoms with van der Waals surface area (Å²) in [5.74, 6) is -0.906. The van der Waals surface area contributed by atoms with Crippen LogP contribution in [0.2, 0.25) is 0 Å². The molecular formula is C12H21NO3. The largest absolute Gasteiger partial charge is 0.481 e. The third-order valence-corrected chi connectivity index (χ3v) is 3.30. The minimum Gasteiger partial charge on any atom is -0.481 e. The van der Waals surface area contributed by atoms with Gasteiger partial charge in [0, 0.05) is 12.0 Å². The van der Waals surface area contributed by atoms with E-state index in [1.807, 2.05) is 6.92 Å². The summed E-state index contributed by atoms with van der Waals surface area (Å²) in [6.45, 7) is 3.97. The van der Waals surface area contributed by atoms with Gasteiger partial charge in [0.2, 0.25) is 5.91 Å². The monoisotopic (exact) mass is 227 g/mol. The summed E-state index contributed by atoms with van der Waals surface area (Å²) in [6, 6.07) is 0.0629. The Balaban J connectivity index is 2.33. The second-order valence-electron chi connectivity index (χ2n) is 4.74. The van der Waals surface area contributed by atoms with Gasteiger partial charge < -0.3 is 10.4 Å². The first-order valence-electron chi connectivity index (χ1n) is 6.07. The molecule has 1 saturated carbocycles. The van der Waals surface area contributed by atoms with Crippen LogP contribution >= 0.6 is 0 Å². The number of carbonyl (C=O) groups excluding carboxylic acids is 1. The van der Waals surface area contributed by atoms with Crippen LogP contribution in [0.15, 0.2) is 0 Å². The number of hydrogen-bond acceptors (Lipinski definition) is 2. The number of aliphatic carboxylic acids is 1. The lowest BCUT2D eigenvalue weighted by molar-refractivity contribution is -0.141. The maximum Gasteiger partial charge on any atom is 0.306 e. The topological polar surface area (TPSA) is 66.4 Å². The maximum absolute atomic E-state index is 11.7. The van der Waals surface area contributed by atoms with Crippen LogP contribution in [0.4, 0.5) is 0 Å². The molecule has 3 atom stereocenters. The second-order valence-corrected chi connectivity index (χ2v) is 4.74. The molecule has 0 heterocycles. The van der Waals surface area contributed by atoms with Gasteiger partial charge in [-0.1, -0.05) is 20.3 Å². The van der Waals surface area contributed by atoms with E-state index in [1.54, 1.807) is 0 Å². The molecule has 0 aliphatic heterocycles. The Morgan fingerprint density at radius 2 is 2.12 bits per heavy atom. The van der Waals surface area contributed by atoms with Crippen molar-refractivity contribution in [1.82, 2.24) is 5.32 Å². The molecule has 1 aliphatic rings. The minimum atomic E-state index is -0.738. The van der Waals surface area contributed by atoms with Gasteiger partial charge in [0.05, 0.1) is 5.92 Å². The normalized spacial score (nSPS) is 26.4. The first-order chi connectivity index (χ1) is 7.54. The minimum absolute atomic E-state index is 0.0360. The van der Waals surface area contributed by atoms with E-state index in [-0.39, 0.29) is 23.8 Å². The highest BCUT2D eigenvalue weighted by Crippen LogP contribution is 2.25. The zero-order valence-electron chi connectivity index (χ0n) is 10.0. The molecule has 1 aliphatic carbocycles. The Hall–Kier alpha value is -1.06. The number of carboxylic acids is 1. The highest BCUT2D eigenvalue weighted by atomic mass is 16.4. The molecule has 1 unspecified atom stereocenters. The van der Waals surface area contributed by atoms with E-state index in [0.29, 0.717) is 12.8 Å². The van der Waals surface area contributed by atoms with Crippen molar-refractivity contribution in [2.45, 2.75) is 52.0 Å². The van der Waals surface area contributed by atoms with Gasteiger partial charge in [0.1, 0.15) is 0 Å². The van der Waals surface area contributed by atoms with Crippen molar-refractivity contribution in [3.8, 4) is 0 Å². The van der Waals surface area contributed by atoms with Crippen LogP contribution in [0, 0.1) is 11.8 Å². The summed E-state index contributed by atoms with van der Waals surface area (Å²) >= 11 is 0. The Morgan fingerprint density at radius 3 is 2.62 bits per heavy atom. The number of rotatable bonds is 5. The van der Waals surface area contributed by atoms with Gasteiger partial charge in [-0.2, -0.15) is 0 Å². The van der Waals surface area contributed by atoms with Crippen molar-refractivity contribution in [2.24, 2.45) is 11.8 Å². The number of nitrogens with one attached hydrogen (secondary N) is 1. The predicted molar refractivity (Wildman–Crippen MR) is 61.0 cm³/mol. The molecule has 16 heavy (non-hydrogen) atoms. The first-order valence-corrected chi connectivity index (χ1v) is 6.07.